The Bertz CT molecular complexity index is 601. The molecule has 0 aliphatic rings. The number of imidazole rings is 1. The van der Waals surface area contributed by atoms with Crippen molar-refractivity contribution in [2.45, 2.75) is 26.3 Å². The number of likely N-dealkylation sites (N-methyl/N-ethyl adjacent to an activating group) is 1. The van der Waals surface area contributed by atoms with Crippen LogP contribution >= 0.6 is 11.6 Å². The lowest BCUT2D eigenvalue weighted by molar-refractivity contribution is -0.121. The Labute approximate surface area is 116 Å². The van der Waals surface area contributed by atoms with E-state index < -0.39 is 0 Å². The van der Waals surface area contributed by atoms with Gasteiger partial charge in [-0.05, 0) is 6.42 Å². The first-order chi connectivity index (χ1) is 9.12. The lowest BCUT2D eigenvalue weighted by Gasteiger charge is -2.07. The van der Waals surface area contributed by atoms with Crippen LogP contribution in [0.1, 0.15) is 18.4 Å². The Morgan fingerprint density at radius 2 is 2.21 bits per heavy atom. The number of aryl methyl sites for hydroxylation is 3. The van der Waals surface area contributed by atoms with Crippen LogP contribution in [0.5, 0.6) is 0 Å². The fraction of sp³-hybridized carbons (Fsp3) is 0.583. The van der Waals surface area contributed by atoms with Gasteiger partial charge < -0.3 is 9.88 Å². The lowest BCUT2D eigenvalue weighted by Crippen LogP contribution is -2.25. The maximum absolute atomic E-state index is 11.6. The number of amides is 1. The summed E-state index contributed by atoms with van der Waals surface area (Å²) >= 11 is 5.81. The number of halogens is 1. The summed E-state index contributed by atoms with van der Waals surface area (Å²) in [4.78, 5) is 16.2. The Hall–Kier alpha value is -1.56. The molecule has 0 atom stereocenters. The van der Waals surface area contributed by atoms with E-state index in [0.717, 1.165) is 29.1 Å². The van der Waals surface area contributed by atoms with Crippen LogP contribution < -0.4 is 5.32 Å². The molecule has 1 amide bonds. The van der Waals surface area contributed by atoms with Crippen molar-refractivity contribution in [3.05, 3.63) is 11.5 Å². The summed E-state index contributed by atoms with van der Waals surface area (Å²) in [6, 6.07) is 0. The zero-order valence-electron chi connectivity index (χ0n) is 11.4. The van der Waals surface area contributed by atoms with Crippen molar-refractivity contribution in [1.29, 1.82) is 0 Å². The van der Waals surface area contributed by atoms with Crippen LogP contribution in [-0.4, -0.2) is 38.2 Å². The molecule has 0 spiro atoms. The highest BCUT2D eigenvalue weighted by Crippen LogP contribution is 2.20. The lowest BCUT2D eigenvalue weighted by atomic mass is 10.3. The number of carbonyl (C=O) groups excluding carboxylic acids is 1. The Kier molecular flexibility index (Phi) is 4.09. The second kappa shape index (κ2) is 5.61. The molecule has 104 valence electrons. The summed E-state index contributed by atoms with van der Waals surface area (Å²) in [6.45, 7) is 2.28. The Morgan fingerprint density at radius 1 is 1.47 bits per heavy atom. The topological polar surface area (TPSA) is 64.7 Å². The molecule has 7 heteroatoms. The van der Waals surface area contributed by atoms with Crippen molar-refractivity contribution in [3.63, 3.8) is 0 Å². The highest BCUT2D eigenvalue weighted by Gasteiger charge is 2.19. The summed E-state index contributed by atoms with van der Waals surface area (Å²) in [6.07, 6.45) is 1.45. The Balaban J connectivity index is 2.58. The predicted octanol–water partition coefficient (Wildman–Crippen LogP) is 0.859. The van der Waals surface area contributed by atoms with E-state index in [9.17, 15) is 4.79 Å². The predicted molar refractivity (Wildman–Crippen MR) is 74.4 cm³/mol. The van der Waals surface area contributed by atoms with Crippen molar-refractivity contribution in [3.8, 4) is 0 Å². The van der Waals surface area contributed by atoms with Gasteiger partial charge >= 0.3 is 0 Å². The standard InChI is InChI=1S/C12H18ClN5O/c1-4-8-11-12(17(3)16-8)18(7-10(19)14-2)9(15-11)5-6-13/h4-7H2,1-3H3,(H,14,19). The van der Waals surface area contributed by atoms with Gasteiger partial charge in [0.2, 0.25) is 5.91 Å². The van der Waals surface area contributed by atoms with Gasteiger partial charge in [-0.1, -0.05) is 6.92 Å². The number of hydrogen-bond acceptors (Lipinski definition) is 3. The number of nitrogens with zero attached hydrogens (tertiary/aromatic N) is 4. The van der Waals surface area contributed by atoms with E-state index in [-0.39, 0.29) is 12.5 Å². The van der Waals surface area contributed by atoms with Gasteiger partial charge in [0.1, 0.15) is 17.9 Å². The van der Waals surface area contributed by atoms with Crippen LogP contribution in [0.2, 0.25) is 0 Å². The average molecular weight is 284 g/mol. The van der Waals surface area contributed by atoms with E-state index >= 15 is 0 Å². The van der Waals surface area contributed by atoms with Crippen molar-refractivity contribution in [2.24, 2.45) is 7.05 Å². The van der Waals surface area contributed by atoms with Gasteiger partial charge in [-0.25, -0.2) is 4.98 Å². The van der Waals surface area contributed by atoms with E-state index in [4.69, 9.17) is 11.6 Å². The van der Waals surface area contributed by atoms with Gasteiger partial charge in [-0.3, -0.25) is 9.48 Å². The number of alkyl halides is 1. The quantitative estimate of drug-likeness (QED) is 0.828. The second-order valence-corrected chi connectivity index (χ2v) is 4.70. The zero-order chi connectivity index (χ0) is 14.0. The minimum absolute atomic E-state index is 0.0608. The van der Waals surface area contributed by atoms with E-state index in [0.29, 0.717) is 12.3 Å². The highest BCUT2D eigenvalue weighted by molar-refractivity contribution is 6.17. The molecule has 0 radical (unpaired) electrons. The third kappa shape index (κ3) is 2.45. The molecule has 2 aromatic rings. The van der Waals surface area contributed by atoms with Crippen molar-refractivity contribution < 1.29 is 4.79 Å². The third-order valence-corrected chi connectivity index (χ3v) is 3.29. The summed E-state index contributed by atoms with van der Waals surface area (Å²) in [5, 5.41) is 7.06. The van der Waals surface area contributed by atoms with Crippen molar-refractivity contribution in [2.75, 3.05) is 12.9 Å². The number of hydrogen-bond donors (Lipinski definition) is 1. The van der Waals surface area contributed by atoms with Crippen LogP contribution in [-0.2, 0) is 31.2 Å². The molecule has 0 saturated carbocycles. The third-order valence-electron chi connectivity index (χ3n) is 3.10. The summed E-state index contributed by atoms with van der Waals surface area (Å²) in [7, 11) is 3.49. The van der Waals surface area contributed by atoms with Gasteiger partial charge in [-0.2, -0.15) is 5.10 Å². The van der Waals surface area contributed by atoms with Crippen molar-refractivity contribution >= 4 is 28.7 Å². The van der Waals surface area contributed by atoms with Crippen molar-refractivity contribution in [1.82, 2.24) is 24.6 Å². The first-order valence-electron chi connectivity index (χ1n) is 6.29. The van der Waals surface area contributed by atoms with Gasteiger partial charge in [0, 0.05) is 26.4 Å². The van der Waals surface area contributed by atoms with Gasteiger partial charge in [0.05, 0.1) is 5.69 Å². The first kappa shape index (κ1) is 13.9. The van der Waals surface area contributed by atoms with E-state index in [1.807, 2.05) is 18.5 Å². The van der Waals surface area contributed by atoms with Gasteiger partial charge in [-0.15, -0.1) is 11.6 Å². The molecule has 0 fully saturated rings. The molecule has 2 aromatic heterocycles. The monoisotopic (exact) mass is 283 g/mol. The SMILES string of the molecule is CCc1nn(C)c2c1nc(CCCl)n2CC(=O)NC. The molecule has 0 aliphatic heterocycles. The van der Waals surface area contributed by atoms with E-state index in [1.54, 1.807) is 11.7 Å². The largest absolute Gasteiger partial charge is 0.358 e. The number of nitrogens with one attached hydrogen (secondary N) is 1. The normalized spacial score (nSPS) is 11.2. The van der Waals surface area contributed by atoms with Crippen LogP contribution in [0.15, 0.2) is 0 Å². The van der Waals surface area contributed by atoms with Crippen LogP contribution in [0.25, 0.3) is 11.2 Å². The highest BCUT2D eigenvalue weighted by atomic mass is 35.5. The minimum atomic E-state index is -0.0608. The zero-order valence-corrected chi connectivity index (χ0v) is 12.2. The molecule has 19 heavy (non-hydrogen) atoms. The number of rotatable bonds is 5. The molecule has 6 nitrogen and oxygen atoms in total. The smallest absolute Gasteiger partial charge is 0.239 e. The van der Waals surface area contributed by atoms with Gasteiger partial charge in [0.15, 0.2) is 5.65 Å². The summed E-state index contributed by atoms with van der Waals surface area (Å²) < 4.78 is 3.67. The number of carbonyl (C=O) groups is 1. The molecule has 2 heterocycles. The maximum atomic E-state index is 11.6. The van der Waals surface area contributed by atoms with Crippen LogP contribution in [0.4, 0.5) is 0 Å². The second-order valence-electron chi connectivity index (χ2n) is 4.32. The minimum Gasteiger partial charge on any atom is -0.358 e. The summed E-state index contributed by atoms with van der Waals surface area (Å²) in [5.41, 5.74) is 2.69. The molecule has 2 rings (SSSR count). The Morgan fingerprint density at radius 3 is 2.79 bits per heavy atom. The molecule has 0 unspecified atom stereocenters. The molecule has 0 bridgehead atoms. The molecule has 1 N–H and O–H groups in total. The molecule has 0 saturated heterocycles. The molecule has 0 aliphatic carbocycles. The van der Waals surface area contributed by atoms with E-state index in [2.05, 4.69) is 15.4 Å². The fourth-order valence-electron chi connectivity index (χ4n) is 2.19. The fourth-order valence-corrected chi connectivity index (χ4v) is 2.36. The van der Waals surface area contributed by atoms with Crippen LogP contribution in [0.3, 0.4) is 0 Å². The number of aromatic nitrogens is 4. The van der Waals surface area contributed by atoms with E-state index in [1.165, 1.54) is 0 Å². The molecule has 0 aromatic carbocycles. The van der Waals surface area contributed by atoms with Gasteiger partial charge in [0.25, 0.3) is 0 Å². The number of fused-ring (bicyclic) bond motifs is 1. The summed E-state index contributed by atoms with van der Waals surface area (Å²) in [5.74, 6) is 1.25. The first-order valence-corrected chi connectivity index (χ1v) is 6.83. The molecular weight excluding hydrogens is 266 g/mol. The molecular formula is C12H18ClN5O. The van der Waals surface area contributed by atoms with Crippen LogP contribution in [0, 0.1) is 0 Å². The average Bonchev–Trinajstić information content (AvgIpc) is 2.89. The maximum Gasteiger partial charge on any atom is 0.239 e.